The molecule has 1 heterocycles. The standard InChI is InChI=1S/C20H23N5O2S/c1-14-10-15(2)12-19(11-14)27-8-5-9-28-20-22-23-24-25(20)18-7-4-6-17(13-18)21-16(3)26/h4,6-7,10-13H,5,8-9H2,1-3H3,(H,21,26). The van der Waals surface area contributed by atoms with Crippen LogP contribution in [0.2, 0.25) is 0 Å². The molecule has 3 aromatic rings. The zero-order valence-corrected chi connectivity index (χ0v) is 17.0. The van der Waals surface area contributed by atoms with Crippen LogP contribution >= 0.6 is 11.8 Å². The van der Waals surface area contributed by atoms with Crippen LogP contribution < -0.4 is 10.1 Å². The van der Waals surface area contributed by atoms with Gasteiger partial charge in [-0.3, -0.25) is 4.79 Å². The molecular weight excluding hydrogens is 374 g/mol. The number of anilines is 1. The number of ether oxygens (including phenoxy) is 1. The van der Waals surface area contributed by atoms with E-state index in [-0.39, 0.29) is 5.91 Å². The Morgan fingerprint density at radius 1 is 1.18 bits per heavy atom. The van der Waals surface area contributed by atoms with Gasteiger partial charge in [0.25, 0.3) is 0 Å². The molecule has 1 amide bonds. The number of aryl methyl sites for hydroxylation is 2. The number of nitrogens with zero attached hydrogens (tertiary/aromatic N) is 4. The summed E-state index contributed by atoms with van der Waals surface area (Å²) in [7, 11) is 0. The average molecular weight is 398 g/mol. The van der Waals surface area contributed by atoms with Gasteiger partial charge in [-0.2, -0.15) is 4.68 Å². The summed E-state index contributed by atoms with van der Waals surface area (Å²) in [5, 5.41) is 15.4. The molecule has 0 aliphatic rings. The molecule has 28 heavy (non-hydrogen) atoms. The molecule has 0 saturated heterocycles. The Balaban J connectivity index is 1.54. The molecule has 3 rings (SSSR count). The molecule has 146 valence electrons. The number of thioether (sulfide) groups is 1. The number of nitrogens with one attached hydrogen (secondary N) is 1. The van der Waals surface area contributed by atoms with E-state index in [1.54, 1.807) is 16.4 Å². The molecule has 7 nitrogen and oxygen atoms in total. The summed E-state index contributed by atoms with van der Waals surface area (Å²) in [4.78, 5) is 11.2. The fraction of sp³-hybridized carbons (Fsp3) is 0.300. The second-order valence-electron chi connectivity index (χ2n) is 6.48. The molecule has 0 bridgehead atoms. The van der Waals surface area contributed by atoms with E-state index < -0.39 is 0 Å². The van der Waals surface area contributed by atoms with E-state index >= 15 is 0 Å². The van der Waals surface area contributed by atoms with E-state index in [0.29, 0.717) is 17.5 Å². The predicted octanol–water partition coefficient (Wildman–Crippen LogP) is 3.80. The van der Waals surface area contributed by atoms with Crippen molar-refractivity contribution in [3.05, 3.63) is 53.6 Å². The SMILES string of the molecule is CC(=O)Nc1cccc(-n2nnnc2SCCCOc2cc(C)cc(C)c2)c1. The van der Waals surface area contributed by atoms with Crippen LogP contribution in [0.25, 0.3) is 5.69 Å². The summed E-state index contributed by atoms with van der Waals surface area (Å²) in [6, 6.07) is 13.6. The van der Waals surface area contributed by atoms with E-state index in [0.717, 1.165) is 23.6 Å². The van der Waals surface area contributed by atoms with Crippen LogP contribution in [0.5, 0.6) is 5.75 Å². The topological polar surface area (TPSA) is 81.9 Å². The van der Waals surface area contributed by atoms with Crippen LogP contribution in [0.3, 0.4) is 0 Å². The largest absolute Gasteiger partial charge is 0.494 e. The van der Waals surface area contributed by atoms with Crippen molar-refractivity contribution in [3.8, 4) is 11.4 Å². The van der Waals surface area contributed by atoms with Crippen LogP contribution in [-0.2, 0) is 4.79 Å². The van der Waals surface area contributed by atoms with E-state index in [4.69, 9.17) is 4.74 Å². The van der Waals surface area contributed by atoms with Gasteiger partial charge in [-0.05, 0) is 72.2 Å². The first-order valence-electron chi connectivity index (χ1n) is 9.01. The molecule has 0 aliphatic heterocycles. The van der Waals surface area contributed by atoms with Crippen LogP contribution in [0, 0.1) is 13.8 Å². The Hall–Kier alpha value is -2.87. The Bertz CT molecular complexity index is 937. The van der Waals surface area contributed by atoms with Crippen molar-refractivity contribution in [2.24, 2.45) is 0 Å². The van der Waals surface area contributed by atoms with Crippen molar-refractivity contribution in [3.63, 3.8) is 0 Å². The zero-order valence-electron chi connectivity index (χ0n) is 16.2. The molecule has 8 heteroatoms. The third-order valence-corrected chi connectivity index (χ3v) is 4.84. The van der Waals surface area contributed by atoms with Crippen LogP contribution in [0.1, 0.15) is 24.5 Å². The monoisotopic (exact) mass is 397 g/mol. The minimum Gasteiger partial charge on any atom is -0.494 e. The zero-order chi connectivity index (χ0) is 19.9. The van der Waals surface area contributed by atoms with Gasteiger partial charge in [0.05, 0.1) is 12.3 Å². The number of benzene rings is 2. The lowest BCUT2D eigenvalue weighted by atomic mass is 10.1. The second-order valence-corrected chi connectivity index (χ2v) is 7.54. The maximum atomic E-state index is 11.2. The summed E-state index contributed by atoms with van der Waals surface area (Å²) in [5.41, 5.74) is 3.90. The molecule has 0 unspecified atom stereocenters. The Morgan fingerprint density at radius 2 is 1.96 bits per heavy atom. The number of carbonyl (C=O) groups excluding carboxylic acids is 1. The van der Waals surface area contributed by atoms with Gasteiger partial charge in [-0.15, -0.1) is 5.10 Å². The van der Waals surface area contributed by atoms with E-state index in [9.17, 15) is 4.79 Å². The molecule has 0 aliphatic carbocycles. The molecular formula is C20H23N5O2S. The number of hydrogen-bond donors (Lipinski definition) is 1. The number of hydrogen-bond acceptors (Lipinski definition) is 6. The van der Waals surface area contributed by atoms with Crippen molar-refractivity contribution < 1.29 is 9.53 Å². The van der Waals surface area contributed by atoms with Gasteiger partial charge in [0.15, 0.2) is 0 Å². The number of tetrazole rings is 1. The lowest BCUT2D eigenvalue weighted by Crippen LogP contribution is -2.07. The third-order valence-electron chi connectivity index (χ3n) is 3.84. The van der Waals surface area contributed by atoms with Gasteiger partial charge >= 0.3 is 0 Å². The van der Waals surface area contributed by atoms with Crippen molar-refractivity contribution in [2.45, 2.75) is 32.3 Å². The molecule has 1 aromatic heterocycles. The molecule has 0 fully saturated rings. The smallest absolute Gasteiger partial charge is 0.221 e. The van der Waals surface area contributed by atoms with Gasteiger partial charge in [-0.25, -0.2) is 0 Å². The Kier molecular flexibility index (Phi) is 6.65. The fourth-order valence-electron chi connectivity index (χ4n) is 2.78. The Morgan fingerprint density at radius 3 is 2.71 bits per heavy atom. The van der Waals surface area contributed by atoms with Crippen molar-refractivity contribution in [2.75, 3.05) is 17.7 Å². The summed E-state index contributed by atoms with van der Waals surface area (Å²) in [6.45, 7) is 6.24. The van der Waals surface area contributed by atoms with Gasteiger partial charge in [-0.1, -0.05) is 23.9 Å². The first-order chi connectivity index (χ1) is 13.5. The van der Waals surface area contributed by atoms with Crippen molar-refractivity contribution in [1.29, 1.82) is 0 Å². The lowest BCUT2D eigenvalue weighted by molar-refractivity contribution is -0.114. The normalized spacial score (nSPS) is 10.7. The average Bonchev–Trinajstić information content (AvgIpc) is 3.09. The first kappa shape index (κ1) is 19.9. The minimum atomic E-state index is -0.118. The molecule has 2 aromatic carbocycles. The highest BCUT2D eigenvalue weighted by Gasteiger charge is 2.10. The molecule has 0 spiro atoms. The first-order valence-corrected chi connectivity index (χ1v) is 10.00. The fourth-order valence-corrected chi connectivity index (χ4v) is 3.58. The van der Waals surface area contributed by atoms with Crippen molar-refractivity contribution >= 4 is 23.4 Å². The summed E-state index contributed by atoms with van der Waals surface area (Å²) < 4.78 is 7.51. The number of rotatable bonds is 8. The quantitative estimate of drug-likeness (QED) is 0.460. The highest BCUT2D eigenvalue weighted by molar-refractivity contribution is 7.99. The van der Waals surface area contributed by atoms with Gasteiger partial charge in [0.1, 0.15) is 5.75 Å². The maximum absolute atomic E-state index is 11.2. The predicted molar refractivity (Wildman–Crippen MR) is 110 cm³/mol. The Labute approximate surface area is 168 Å². The summed E-state index contributed by atoms with van der Waals surface area (Å²) >= 11 is 1.57. The van der Waals surface area contributed by atoms with Crippen LogP contribution in [0.15, 0.2) is 47.6 Å². The molecule has 0 radical (unpaired) electrons. The second kappa shape index (κ2) is 9.36. The number of carbonyl (C=O) groups is 1. The summed E-state index contributed by atoms with van der Waals surface area (Å²) in [5.74, 6) is 1.62. The highest BCUT2D eigenvalue weighted by atomic mass is 32.2. The minimum absolute atomic E-state index is 0.118. The molecule has 1 N–H and O–H groups in total. The number of aromatic nitrogens is 4. The maximum Gasteiger partial charge on any atom is 0.221 e. The van der Waals surface area contributed by atoms with Gasteiger partial charge < -0.3 is 10.1 Å². The molecule has 0 saturated carbocycles. The lowest BCUT2D eigenvalue weighted by Gasteiger charge is -2.09. The van der Waals surface area contributed by atoms with Gasteiger partial charge in [0, 0.05) is 18.4 Å². The van der Waals surface area contributed by atoms with Crippen LogP contribution in [-0.4, -0.2) is 38.5 Å². The molecule has 0 atom stereocenters. The van der Waals surface area contributed by atoms with Gasteiger partial charge in [0.2, 0.25) is 11.1 Å². The highest BCUT2D eigenvalue weighted by Crippen LogP contribution is 2.21. The third kappa shape index (κ3) is 5.56. The van der Waals surface area contributed by atoms with E-state index in [1.165, 1.54) is 18.1 Å². The van der Waals surface area contributed by atoms with Crippen molar-refractivity contribution in [1.82, 2.24) is 20.2 Å². The van der Waals surface area contributed by atoms with E-state index in [1.807, 2.05) is 36.4 Å². The van der Waals surface area contributed by atoms with Crippen LogP contribution in [0.4, 0.5) is 5.69 Å². The number of amides is 1. The van der Waals surface area contributed by atoms with E-state index in [2.05, 4.69) is 40.8 Å². The summed E-state index contributed by atoms with van der Waals surface area (Å²) in [6.07, 6.45) is 0.871.